The molecule has 0 spiro atoms. The lowest BCUT2D eigenvalue weighted by Gasteiger charge is -2.19. The third-order valence-electron chi connectivity index (χ3n) is 3.89. The van der Waals surface area contributed by atoms with E-state index in [0.29, 0.717) is 11.4 Å². The van der Waals surface area contributed by atoms with Crippen molar-refractivity contribution in [3.63, 3.8) is 0 Å². The van der Waals surface area contributed by atoms with E-state index in [-0.39, 0.29) is 12.5 Å². The van der Waals surface area contributed by atoms with E-state index in [0.717, 1.165) is 22.3 Å². The van der Waals surface area contributed by atoms with Crippen LogP contribution >= 0.6 is 0 Å². The zero-order valence-corrected chi connectivity index (χ0v) is 14.5. The van der Waals surface area contributed by atoms with Crippen LogP contribution in [0, 0.1) is 6.92 Å². The van der Waals surface area contributed by atoms with Crippen LogP contribution in [0.2, 0.25) is 0 Å². The SMILES string of the molecule is COc1ccc(C)cc1NC(=O)CN(C)c1ncnc2ccccc12. The average molecular weight is 336 g/mol. The Morgan fingerprint density at radius 3 is 2.80 bits per heavy atom. The standard InChI is InChI=1S/C19H20N4O2/c1-13-8-9-17(25-3)16(10-13)22-18(24)11-23(2)19-14-6-4-5-7-15(14)20-12-21-19/h4-10,12H,11H2,1-3H3,(H,22,24). The fourth-order valence-electron chi connectivity index (χ4n) is 2.69. The van der Waals surface area contributed by atoms with Crippen LogP contribution in [0.3, 0.4) is 0 Å². The van der Waals surface area contributed by atoms with Gasteiger partial charge in [-0.25, -0.2) is 9.97 Å². The van der Waals surface area contributed by atoms with Crippen molar-refractivity contribution in [1.29, 1.82) is 0 Å². The molecule has 128 valence electrons. The van der Waals surface area contributed by atoms with Gasteiger partial charge in [-0.05, 0) is 36.8 Å². The first-order chi connectivity index (χ1) is 12.1. The number of likely N-dealkylation sites (N-methyl/N-ethyl adjacent to an activating group) is 1. The van der Waals surface area contributed by atoms with E-state index in [2.05, 4.69) is 15.3 Å². The Balaban J connectivity index is 1.78. The number of methoxy groups -OCH3 is 1. The second-order valence-corrected chi connectivity index (χ2v) is 5.82. The first-order valence-electron chi connectivity index (χ1n) is 7.94. The van der Waals surface area contributed by atoms with Gasteiger partial charge in [-0.15, -0.1) is 0 Å². The molecule has 0 radical (unpaired) electrons. The Morgan fingerprint density at radius 2 is 2.00 bits per heavy atom. The lowest BCUT2D eigenvalue weighted by molar-refractivity contribution is -0.114. The van der Waals surface area contributed by atoms with Gasteiger partial charge in [0, 0.05) is 12.4 Å². The Bertz CT molecular complexity index is 906. The number of benzene rings is 2. The first-order valence-corrected chi connectivity index (χ1v) is 7.94. The topological polar surface area (TPSA) is 67.3 Å². The third kappa shape index (κ3) is 3.68. The number of nitrogens with zero attached hydrogens (tertiary/aromatic N) is 3. The second-order valence-electron chi connectivity index (χ2n) is 5.82. The van der Waals surface area contributed by atoms with Gasteiger partial charge in [0.05, 0.1) is 24.9 Å². The van der Waals surface area contributed by atoms with Gasteiger partial charge in [-0.2, -0.15) is 0 Å². The number of carbonyl (C=O) groups excluding carboxylic acids is 1. The number of anilines is 2. The Hall–Kier alpha value is -3.15. The van der Waals surface area contributed by atoms with E-state index >= 15 is 0 Å². The Labute approximate surface area is 146 Å². The van der Waals surface area contributed by atoms with E-state index in [1.54, 1.807) is 7.11 Å². The van der Waals surface area contributed by atoms with Gasteiger partial charge >= 0.3 is 0 Å². The van der Waals surface area contributed by atoms with E-state index < -0.39 is 0 Å². The highest BCUT2D eigenvalue weighted by Gasteiger charge is 2.14. The van der Waals surface area contributed by atoms with E-state index in [4.69, 9.17) is 4.74 Å². The summed E-state index contributed by atoms with van der Waals surface area (Å²) in [5.74, 6) is 1.21. The molecule has 1 heterocycles. The number of ether oxygens (including phenoxy) is 1. The zero-order valence-electron chi connectivity index (χ0n) is 14.5. The van der Waals surface area contributed by atoms with Gasteiger partial charge in [0.2, 0.25) is 5.91 Å². The van der Waals surface area contributed by atoms with Crippen molar-refractivity contribution in [3.05, 3.63) is 54.4 Å². The Kier molecular flexibility index (Phi) is 4.79. The van der Waals surface area contributed by atoms with Gasteiger partial charge in [0.1, 0.15) is 17.9 Å². The number of fused-ring (bicyclic) bond motifs is 1. The largest absolute Gasteiger partial charge is 0.495 e. The van der Waals surface area contributed by atoms with Crippen molar-refractivity contribution in [2.24, 2.45) is 0 Å². The van der Waals surface area contributed by atoms with Crippen LogP contribution < -0.4 is 15.0 Å². The summed E-state index contributed by atoms with van der Waals surface area (Å²) in [6.07, 6.45) is 1.51. The molecule has 0 saturated carbocycles. The highest BCUT2D eigenvalue weighted by atomic mass is 16.5. The molecule has 0 unspecified atom stereocenters. The van der Waals surface area contributed by atoms with E-state index in [1.807, 2.05) is 61.3 Å². The third-order valence-corrected chi connectivity index (χ3v) is 3.89. The van der Waals surface area contributed by atoms with Crippen LogP contribution in [0.25, 0.3) is 10.9 Å². The van der Waals surface area contributed by atoms with Crippen molar-refractivity contribution in [2.75, 3.05) is 30.9 Å². The number of para-hydroxylation sites is 1. The lowest BCUT2D eigenvalue weighted by atomic mass is 10.2. The quantitative estimate of drug-likeness (QED) is 0.776. The number of hydrogen-bond acceptors (Lipinski definition) is 5. The molecule has 0 saturated heterocycles. The molecular weight excluding hydrogens is 316 g/mol. The summed E-state index contributed by atoms with van der Waals surface area (Å²) in [6, 6.07) is 13.4. The summed E-state index contributed by atoms with van der Waals surface area (Å²) in [5, 5.41) is 3.81. The number of carbonyl (C=O) groups is 1. The van der Waals surface area contributed by atoms with Crippen LogP contribution in [0.5, 0.6) is 5.75 Å². The molecule has 2 aromatic carbocycles. The number of amides is 1. The maximum Gasteiger partial charge on any atom is 0.244 e. The van der Waals surface area contributed by atoms with Gasteiger partial charge in [-0.1, -0.05) is 18.2 Å². The zero-order chi connectivity index (χ0) is 17.8. The number of rotatable bonds is 5. The number of hydrogen-bond donors (Lipinski definition) is 1. The van der Waals surface area contributed by atoms with Crippen LogP contribution in [0.4, 0.5) is 11.5 Å². The van der Waals surface area contributed by atoms with Crippen molar-refractivity contribution in [3.8, 4) is 5.75 Å². The van der Waals surface area contributed by atoms with Gasteiger partial charge in [-0.3, -0.25) is 4.79 Å². The van der Waals surface area contributed by atoms with Gasteiger partial charge < -0.3 is 15.0 Å². The van der Waals surface area contributed by atoms with Gasteiger partial charge in [0.25, 0.3) is 0 Å². The molecule has 0 aliphatic heterocycles. The summed E-state index contributed by atoms with van der Waals surface area (Å²) >= 11 is 0. The molecule has 0 atom stereocenters. The fourth-order valence-corrected chi connectivity index (χ4v) is 2.69. The fraction of sp³-hybridized carbons (Fsp3) is 0.211. The molecule has 3 rings (SSSR count). The summed E-state index contributed by atoms with van der Waals surface area (Å²) in [5.41, 5.74) is 2.56. The molecule has 25 heavy (non-hydrogen) atoms. The normalized spacial score (nSPS) is 10.5. The van der Waals surface area contributed by atoms with Crippen LogP contribution in [-0.2, 0) is 4.79 Å². The van der Waals surface area contributed by atoms with Crippen LogP contribution in [0.1, 0.15) is 5.56 Å². The summed E-state index contributed by atoms with van der Waals surface area (Å²) in [6.45, 7) is 2.13. The van der Waals surface area contributed by atoms with Crippen LogP contribution in [0.15, 0.2) is 48.8 Å². The summed E-state index contributed by atoms with van der Waals surface area (Å²) in [4.78, 5) is 22.8. The van der Waals surface area contributed by atoms with Crippen LogP contribution in [-0.4, -0.2) is 36.6 Å². The van der Waals surface area contributed by atoms with Crippen molar-refractivity contribution >= 4 is 28.3 Å². The number of aryl methyl sites for hydroxylation is 1. The smallest absolute Gasteiger partial charge is 0.244 e. The molecule has 0 aliphatic carbocycles. The van der Waals surface area contributed by atoms with Crippen molar-refractivity contribution in [2.45, 2.75) is 6.92 Å². The van der Waals surface area contributed by atoms with E-state index in [9.17, 15) is 4.79 Å². The molecule has 1 aromatic heterocycles. The predicted octanol–water partition coefficient (Wildman–Crippen LogP) is 3.02. The Morgan fingerprint density at radius 1 is 1.20 bits per heavy atom. The highest BCUT2D eigenvalue weighted by Crippen LogP contribution is 2.25. The predicted molar refractivity (Wildman–Crippen MR) is 99.2 cm³/mol. The maximum absolute atomic E-state index is 12.5. The summed E-state index contributed by atoms with van der Waals surface area (Å²) in [7, 11) is 3.42. The highest BCUT2D eigenvalue weighted by molar-refractivity contribution is 5.97. The molecule has 1 amide bonds. The van der Waals surface area contributed by atoms with Crippen molar-refractivity contribution < 1.29 is 9.53 Å². The minimum atomic E-state index is -0.144. The first kappa shape index (κ1) is 16.7. The molecule has 0 bridgehead atoms. The second kappa shape index (κ2) is 7.17. The summed E-state index contributed by atoms with van der Waals surface area (Å²) < 4.78 is 5.30. The van der Waals surface area contributed by atoms with Gasteiger partial charge in [0.15, 0.2) is 0 Å². The molecule has 6 nitrogen and oxygen atoms in total. The van der Waals surface area contributed by atoms with Crippen molar-refractivity contribution in [1.82, 2.24) is 9.97 Å². The number of aromatic nitrogens is 2. The average Bonchev–Trinajstić information content (AvgIpc) is 2.61. The molecule has 3 aromatic rings. The molecule has 6 heteroatoms. The minimum Gasteiger partial charge on any atom is -0.495 e. The lowest BCUT2D eigenvalue weighted by Crippen LogP contribution is -2.31. The molecule has 0 fully saturated rings. The maximum atomic E-state index is 12.5. The number of nitrogens with one attached hydrogen (secondary N) is 1. The molecular formula is C19H20N4O2. The van der Waals surface area contributed by atoms with E-state index in [1.165, 1.54) is 6.33 Å². The monoisotopic (exact) mass is 336 g/mol. The minimum absolute atomic E-state index is 0.144. The molecule has 1 N–H and O–H groups in total. The molecule has 0 aliphatic rings.